The van der Waals surface area contributed by atoms with Crippen LogP contribution in [0.5, 0.6) is 5.88 Å². The summed E-state index contributed by atoms with van der Waals surface area (Å²) in [6, 6.07) is 10.5. The first-order chi connectivity index (χ1) is 19.2. The summed E-state index contributed by atoms with van der Waals surface area (Å²) in [7, 11) is 0. The van der Waals surface area contributed by atoms with Gasteiger partial charge in [0.15, 0.2) is 5.65 Å². The number of hydrogen-bond donors (Lipinski definition) is 1. The first-order valence-electron chi connectivity index (χ1n) is 12.8. The molecule has 4 aromatic rings. The third kappa shape index (κ3) is 5.74. The van der Waals surface area contributed by atoms with Gasteiger partial charge in [0.2, 0.25) is 10.7 Å². The zero-order valence-corrected chi connectivity index (χ0v) is 23.6. The van der Waals surface area contributed by atoms with Gasteiger partial charge in [-0.15, -0.1) is 14.5 Å². The van der Waals surface area contributed by atoms with Crippen molar-refractivity contribution in [3.8, 4) is 5.88 Å². The van der Waals surface area contributed by atoms with Crippen LogP contribution >= 0.6 is 0 Å². The Kier molecular flexibility index (Phi) is 7.47. The van der Waals surface area contributed by atoms with Gasteiger partial charge in [0, 0.05) is 24.4 Å². The molecule has 3 aromatic heterocycles. The number of aliphatic carboxylic acids is 1. The Labute approximate surface area is 237 Å². The molecule has 0 bridgehead atoms. The average molecular weight is 588 g/mol. The molecule has 5 rings (SSSR count). The number of halogens is 3. The van der Waals surface area contributed by atoms with Crippen molar-refractivity contribution >= 4 is 23.0 Å². The summed E-state index contributed by atoms with van der Waals surface area (Å²) >= 11 is -1.57. The lowest BCUT2D eigenvalue weighted by molar-refractivity contribution is -0.145. The molecule has 4 heterocycles. The quantitative estimate of drug-likeness (QED) is 0.311. The van der Waals surface area contributed by atoms with Crippen molar-refractivity contribution in [2.45, 2.75) is 63.3 Å². The minimum atomic E-state index is -4.69. The largest absolute Gasteiger partial charge is 0.593 e. The van der Waals surface area contributed by atoms with Gasteiger partial charge in [0.25, 0.3) is 5.88 Å². The summed E-state index contributed by atoms with van der Waals surface area (Å²) < 4.78 is 62.5. The second-order valence-corrected chi connectivity index (χ2v) is 12.1. The predicted molar refractivity (Wildman–Crippen MR) is 144 cm³/mol. The van der Waals surface area contributed by atoms with Gasteiger partial charge in [-0.2, -0.15) is 13.2 Å². The molecular weight excluding hydrogens is 559 g/mol. The van der Waals surface area contributed by atoms with Crippen molar-refractivity contribution in [1.29, 1.82) is 0 Å². The number of carbonyl (C=O) groups is 1. The van der Waals surface area contributed by atoms with Crippen LogP contribution in [0.3, 0.4) is 0 Å². The first kappa shape index (κ1) is 28.8. The van der Waals surface area contributed by atoms with Crippen LogP contribution in [0.2, 0.25) is 0 Å². The molecule has 2 atom stereocenters. The fraction of sp³-hybridized carbons (Fsp3) is 0.357. The summed E-state index contributed by atoms with van der Waals surface area (Å²) in [6.45, 7) is 7.92. The van der Waals surface area contributed by atoms with Gasteiger partial charge < -0.3 is 14.4 Å². The van der Waals surface area contributed by atoms with Crippen molar-refractivity contribution in [3.63, 3.8) is 0 Å². The Bertz CT molecular complexity index is 1620. The van der Waals surface area contributed by atoms with Gasteiger partial charge in [-0.1, -0.05) is 18.2 Å². The molecule has 1 aliphatic heterocycles. The Balaban J connectivity index is 1.54. The number of aryl methyl sites for hydroxylation is 2. The average Bonchev–Trinajstić information content (AvgIpc) is 3.30. The van der Waals surface area contributed by atoms with E-state index in [1.54, 1.807) is 29.6 Å². The number of ether oxygens (including phenoxy) is 1. The van der Waals surface area contributed by atoms with Gasteiger partial charge in [-0.05, 0) is 67.6 Å². The minimum absolute atomic E-state index is 0.00650. The van der Waals surface area contributed by atoms with E-state index >= 15 is 0 Å². The molecule has 0 saturated carbocycles. The van der Waals surface area contributed by atoms with Crippen molar-refractivity contribution in [2.75, 3.05) is 6.54 Å². The molecule has 0 spiro atoms. The number of alkyl halides is 3. The molecule has 0 amide bonds. The molecule has 0 fully saturated rings. The number of aromatic nitrogens is 4. The molecule has 1 N–H and O–H groups in total. The number of fused-ring (bicyclic) bond motifs is 2. The summed E-state index contributed by atoms with van der Waals surface area (Å²) in [5.41, 5.74) is 2.65. The number of benzene rings is 1. The zero-order valence-electron chi connectivity index (χ0n) is 22.8. The van der Waals surface area contributed by atoms with Crippen LogP contribution in [-0.4, -0.2) is 51.7 Å². The fourth-order valence-electron chi connectivity index (χ4n) is 5.13. The Hall–Kier alpha value is -3.68. The molecule has 216 valence electrons. The van der Waals surface area contributed by atoms with E-state index in [-0.39, 0.29) is 18.6 Å². The molecule has 1 aliphatic rings. The van der Waals surface area contributed by atoms with E-state index in [2.05, 4.69) is 15.2 Å². The van der Waals surface area contributed by atoms with Crippen LogP contribution in [0.1, 0.15) is 59.8 Å². The summed E-state index contributed by atoms with van der Waals surface area (Å²) in [5.74, 6) is -2.57. The van der Waals surface area contributed by atoms with Crippen LogP contribution in [0.25, 0.3) is 5.65 Å². The van der Waals surface area contributed by atoms with Crippen molar-refractivity contribution in [3.05, 3.63) is 82.4 Å². The van der Waals surface area contributed by atoms with Gasteiger partial charge >= 0.3 is 12.1 Å². The topological polar surface area (TPSA) is 116 Å². The highest BCUT2D eigenvalue weighted by atomic mass is 32.2. The number of carboxylic acid groups (broad SMARTS) is 1. The monoisotopic (exact) mass is 587 g/mol. The Morgan fingerprint density at radius 1 is 1.22 bits per heavy atom. The number of rotatable bonds is 6. The van der Waals surface area contributed by atoms with E-state index in [1.807, 2.05) is 39.0 Å². The third-order valence-electron chi connectivity index (χ3n) is 7.09. The molecule has 0 saturated heterocycles. The van der Waals surface area contributed by atoms with Crippen molar-refractivity contribution in [1.82, 2.24) is 23.9 Å². The first-order valence-corrected chi connectivity index (χ1v) is 13.9. The Morgan fingerprint density at radius 3 is 2.68 bits per heavy atom. The smallest absolute Gasteiger partial charge is 0.452 e. The molecule has 0 radical (unpaired) electrons. The number of hydrogen-bond acceptors (Lipinski definition) is 7. The molecule has 1 aromatic carbocycles. The van der Waals surface area contributed by atoms with Gasteiger partial charge in [0.05, 0.1) is 30.9 Å². The van der Waals surface area contributed by atoms with Gasteiger partial charge in [-0.25, -0.2) is 4.98 Å². The molecule has 0 aliphatic carbocycles. The maximum atomic E-state index is 13.6. The summed E-state index contributed by atoms with van der Waals surface area (Å²) in [6.07, 6.45) is -2.18. The SMILES string of the molecule is Cc1ccc(C(CC(=O)O)c2ccn3c(C(F)(F)F)nnc3c2C)cc1CN1CC(C)(C)Oc2ncccc2[S+]1[O-]. The molecule has 41 heavy (non-hydrogen) atoms. The van der Waals surface area contributed by atoms with Crippen LogP contribution in [0.15, 0.2) is 53.7 Å². The standard InChI is InChI=1S/C28H28F3N5O4S/c1-16-7-8-18(12-19(16)14-35-15-27(3,4)40-25-22(41(35)39)6-5-10-32-25)21(13-23(37)38)20-9-11-36-24(17(20)2)33-34-26(36)28(29,30)31/h5-12,21H,13-15H2,1-4H3,(H,37,38). The highest BCUT2D eigenvalue weighted by Crippen LogP contribution is 2.37. The van der Waals surface area contributed by atoms with Crippen molar-refractivity contribution < 1.29 is 32.4 Å². The van der Waals surface area contributed by atoms with E-state index in [0.29, 0.717) is 34.0 Å². The van der Waals surface area contributed by atoms with E-state index in [0.717, 1.165) is 15.5 Å². The second kappa shape index (κ2) is 10.6. The molecule has 2 unspecified atom stereocenters. The zero-order chi connectivity index (χ0) is 29.7. The van der Waals surface area contributed by atoms with E-state index < -0.39 is 40.9 Å². The number of nitrogens with zero attached hydrogens (tertiary/aromatic N) is 5. The maximum absolute atomic E-state index is 13.6. The molecule has 13 heteroatoms. The predicted octanol–water partition coefficient (Wildman–Crippen LogP) is 5.06. The normalized spacial score (nSPS) is 18.0. The molecule has 9 nitrogen and oxygen atoms in total. The Morgan fingerprint density at radius 2 is 1.98 bits per heavy atom. The highest BCUT2D eigenvalue weighted by Gasteiger charge is 2.40. The fourth-order valence-corrected chi connectivity index (χ4v) is 6.54. The lowest BCUT2D eigenvalue weighted by atomic mass is 9.85. The highest BCUT2D eigenvalue weighted by molar-refractivity contribution is 7.89. The third-order valence-corrected chi connectivity index (χ3v) is 8.50. The number of carboxylic acids is 1. The van der Waals surface area contributed by atoms with Crippen molar-refractivity contribution in [2.24, 2.45) is 0 Å². The maximum Gasteiger partial charge on any atom is 0.452 e. The summed E-state index contributed by atoms with van der Waals surface area (Å²) in [5, 5.41) is 16.8. The van der Waals surface area contributed by atoms with Gasteiger partial charge in [-0.3, -0.25) is 9.20 Å². The van der Waals surface area contributed by atoms with E-state index in [1.165, 1.54) is 12.3 Å². The summed E-state index contributed by atoms with van der Waals surface area (Å²) in [4.78, 5) is 16.7. The number of pyridine rings is 2. The minimum Gasteiger partial charge on any atom is -0.593 e. The lowest BCUT2D eigenvalue weighted by Crippen LogP contribution is -2.42. The van der Waals surface area contributed by atoms with Crippen LogP contribution in [0, 0.1) is 13.8 Å². The van der Waals surface area contributed by atoms with Crippen LogP contribution in [-0.2, 0) is 28.9 Å². The van der Waals surface area contributed by atoms with Crippen LogP contribution < -0.4 is 4.74 Å². The second-order valence-electron chi connectivity index (χ2n) is 10.7. The van der Waals surface area contributed by atoms with Gasteiger partial charge in [0.1, 0.15) is 5.60 Å². The van der Waals surface area contributed by atoms with E-state index in [9.17, 15) is 27.6 Å². The lowest BCUT2D eigenvalue weighted by Gasteiger charge is -2.28. The van der Waals surface area contributed by atoms with Crippen LogP contribution in [0.4, 0.5) is 13.2 Å². The van der Waals surface area contributed by atoms with E-state index in [4.69, 9.17) is 4.74 Å². The molecular formula is C28H28F3N5O4S.